The van der Waals surface area contributed by atoms with Crippen molar-refractivity contribution < 1.29 is 4.39 Å². The predicted octanol–water partition coefficient (Wildman–Crippen LogP) is 3.00. The highest BCUT2D eigenvalue weighted by Crippen LogP contribution is 2.25. The molecule has 0 bridgehead atoms. The van der Waals surface area contributed by atoms with Crippen LogP contribution < -0.4 is 0 Å². The molecule has 0 heterocycles. The first-order valence-corrected chi connectivity index (χ1v) is 3.30. The molecule has 0 aromatic rings. The molecule has 1 atom stereocenters. The van der Waals surface area contributed by atoms with Crippen LogP contribution in [0.3, 0.4) is 0 Å². The predicted molar refractivity (Wildman–Crippen MR) is 36.9 cm³/mol. The number of allylic oxidation sites excluding steroid dienone is 4. The van der Waals surface area contributed by atoms with Crippen molar-refractivity contribution in [2.24, 2.45) is 5.92 Å². The maximum absolute atomic E-state index is 12.6. The monoisotopic (exact) mass is 146 g/mol. The standard InChI is InChI=1S/C7H8ClF/c1-5-2-3-6(8)4-7(5)9/h3-5H,2H2,1H3. The lowest BCUT2D eigenvalue weighted by Crippen LogP contribution is -1.97. The third-order valence-corrected chi connectivity index (χ3v) is 1.68. The van der Waals surface area contributed by atoms with E-state index < -0.39 is 0 Å². The van der Waals surface area contributed by atoms with E-state index in [9.17, 15) is 4.39 Å². The van der Waals surface area contributed by atoms with E-state index in [1.807, 2.05) is 13.0 Å². The van der Waals surface area contributed by atoms with Crippen molar-refractivity contribution in [1.29, 1.82) is 0 Å². The van der Waals surface area contributed by atoms with Crippen LogP contribution in [0, 0.1) is 5.92 Å². The molecule has 9 heavy (non-hydrogen) atoms. The Balaban J connectivity index is 2.74. The smallest absolute Gasteiger partial charge is 0.104 e. The molecule has 0 radical (unpaired) electrons. The fraction of sp³-hybridized carbons (Fsp3) is 0.429. The van der Waals surface area contributed by atoms with Crippen molar-refractivity contribution in [2.75, 3.05) is 0 Å². The summed E-state index contributed by atoms with van der Waals surface area (Å²) in [6.07, 6.45) is 3.92. The summed E-state index contributed by atoms with van der Waals surface area (Å²) in [5, 5.41) is 0.519. The van der Waals surface area contributed by atoms with Gasteiger partial charge in [0.25, 0.3) is 0 Å². The Morgan fingerprint density at radius 3 is 2.89 bits per heavy atom. The molecule has 1 rings (SSSR count). The maximum Gasteiger partial charge on any atom is 0.104 e. The van der Waals surface area contributed by atoms with E-state index in [4.69, 9.17) is 11.6 Å². The quantitative estimate of drug-likeness (QED) is 0.493. The lowest BCUT2D eigenvalue weighted by Gasteiger charge is -2.09. The molecular formula is C7H8ClF. The molecule has 0 nitrogen and oxygen atoms in total. The Bertz CT molecular complexity index is 170. The van der Waals surface area contributed by atoms with Gasteiger partial charge in [-0.3, -0.25) is 0 Å². The Hall–Kier alpha value is -0.300. The normalized spacial score (nSPS) is 27.2. The van der Waals surface area contributed by atoms with E-state index in [2.05, 4.69) is 0 Å². The molecule has 1 aliphatic carbocycles. The van der Waals surface area contributed by atoms with Crippen LogP contribution in [-0.4, -0.2) is 0 Å². The van der Waals surface area contributed by atoms with Crippen LogP contribution in [0.1, 0.15) is 13.3 Å². The van der Waals surface area contributed by atoms with Gasteiger partial charge in [0.05, 0.1) is 0 Å². The minimum absolute atomic E-state index is 0.0208. The molecule has 2 heteroatoms. The number of halogens is 2. The van der Waals surface area contributed by atoms with Gasteiger partial charge in [-0.05, 0) is 12.5 Å². The molecule has 0 aliphatic heterocycles. The minimum atomic E-state index is -0.109. The molecule has 0 N–H and O–H groups in total. The van der Waals surface area contributed by atoms with E-state index in [1.165, 1.54) is 6.08 Å². The first kappa shape index (κ1) is 6.81. The number of hydrogen-bond donors (Lipinski definition) is 0. The first-order valence-electron chi connectivity index (χ1n) is 2.93. The molecule has 1 unspecified atom stereocenters. The molecule has 0 saturated heterocycles. The maximum atomic E-state index is 12.6. The van der Waals surface area contributed by atoms with Crippen LogP contribution in [0.5, 0.6) is 0 Å². The number of rotatable bonds is 0. The molecule has 50 valence electrons. The highest BCUT2D eigenvalue weighted by molar-refractivity contribution is 6.31. The highest BCUT2D eigenvalue weighted by Gasteiger charge is 2.10. The van der Waals surface area contributed by atoms with Crippen molar-refractivity contribution in [1.82, 2.24) is 0 Å². The van der Waals surface area contributed by atoms with Crippen molar-refractivity contribution in [2.45, 2.75) is 13.3 Å². The Kier molecular flexibility index (Phi) is 1.91. The third-order valence-electron chi connectivity index (χ3n) is 1.41. The van der Waals surface area contributed by atoms with Gasteiger partial charge in [-0.2, -0.15) is 0 Å². The fourth-order valence-electron chi connectivity index (χ4n) is 0.735. The molecule has 0 fully saturated rings. The topological polar surface area (TPSA) is 0 Å². The summed E-state index contributed by atoms with van der Waals surface area (Å²) < 4.78 is 12.6. The summed E-state index contributed by atoms with van der Waals surface area (Å²) in [6.45, 7) is 1.84. The highest BCUT2D eigenvalue weighted by atomic mass is 35.5. The zero-order chi connectivity index (χ0) is 6.85. The Labute approximate surface area is 59.0 Å². The van der Waals surface area contributed by atoms with E-state index in [1.54, 1.807) is 0 Å². The van der Waals surface area contributed by atoms with Gasteiger partial charge in [0, 0.05) is 11.0 Å². The van der Waals surface area contributed by atoms with Crippen LogP contribution in [0.2, 0.25) is 0 Å². The van der Waals surface area contributed by atoms with Crippen LogP contribution in [-0.2, 0) is 0 Å². The van der Waals surface area contributed by atoms with Crippen LogP contribution in [0.15, 0.2) is 23.0 Å². The molecule has 0 spiro atoms. The van der Waals surface area contributed by atoms with Crippen LogP contribution in [0.25, 0.3) is 0 Å². The molecular weight excluding hydrogens is 139 g/mol. The molecule has 0 aromatic heterocycles. The van der Waals surface area contributed by atoms with Crippen LogP contribution >= 0.6 is 11.6 Å². The van der Waals surface area contributed by atoms with Gasteiger partial charge in [-0.25, -0.2) is 4.39 Å². The van der Waals surface area contributed by atoms with Crippen molar-refractivity contribution in [3.8, 4) is 0 Å². The zero-order valence-electron chi connectivity index (χ0n) is 5.20. The van der Waals surface area contributed by atoms with Gasteiger partial charge in [-0.15, -0.1) is 0 Å². The van der Waals surface area contributed by atoms with Gasteiger partial charge in [0.2, 0.25) is 0 Å². The second-order valence-corrected chi connectivity index (χ2v) is 2.69. The van der Waals surface area contributed by atoms with Gasteiger partial charge >= 0.3 is 0 Å². The van der Waals surface area contributed by atoms with Crippen molar-refractivity contribution >= 4 is 11.6 Å². The minimum Gasteiger partial charge on any atom is -0.211 e. The largest absolute Gasteiger partial charge is 0.211 e. The second-order valence-electron chi connectivity index (χ2n) is 2.25. The summed E-state index contributed by atoms with van der Waals surface area (Å²) >= 11 is 5.52. The molecule has 0 amide bonds. The molecule has 0 saturated carbocycles. The van der Waals surface area contributed by atoms with Gasteiger partial charge < -0.3 is 0 Å². The lowest BCUT2D eigenvalue weighted by molar-refractivity contribution is 0.490. The average Bonchev–Trinajstić information content (AvgIpc) is 1.80. The first-order chi connectivity index (χ1) is 4.20. The van der Waals surface area contributed by atoms with Crippen LogP contribution in [0.4, 0.5) is 4.39 Å². The summed E-state index contributed by atoms with van der Waals surface area (Å²) in [6, 6.07) is 0. The van der Waals surface area contributed by atoms with E-state index in [0.29, 0.717) is 5.03 Å². The van der Waals surface area contributed by atoms with Crippen molar-refractivity contribution in [3.05, 3.63) is 23.0 Å². The van der Waals surface area contributed by atoms with E-state index >= 15 is 0 Å². The Morgan fingerprint density at radius 2 is 2.44 bits per heavy atom. The van der Waals surface area contributed by atoms with Gasteiger partial charge in [0.15, 0.2) is 0 Å². The molecule has 1 aliphatic rings. The summed E-state index contributed by atoms with van der Waals surface area (Å²) in [4.78, 5) is 0. The van der Waals surface area contributed by atoms with Crippen molar-refractivity contribution in [3.63, 3.8) is 0 Å². The van der Waals surface area contributed by atoms with Gasteiger partial charge in [-0.1, -0.05) is 24.6 Å². The fourth-order valence-corrected chi connectivity index (χ4v) is 0.928. The third kappa shape index (κ3) is 1.55. The van der Waals surface area contributed by atoms with E-state index in [-0.39, 0.29) is 11.7 Å². The zero-order valence-corrected chi connectivity index (χ0v) is 5.95. The second kappa shape index (κ2) is 2.53. The Morgan fingerprint density at radius 1 is 1.78 bits per heavy atom. The SMILES string of the molecule is CC1CC=C(Cl)C=C1F. The lowest BCUT2D eigenvalue weighted by atomic mass is 10.0. The van der Waals surface area contributed by atoms with E-state index in [0.717, 1.165) is 6.42 Å². The summed E-state index contributed by atoms with van der Waals surface area (Å²) in [5.74, 6) is -0.0880. The van der Waals surface area contributed by atoms with Gasteiger partial charge in [0.1, 0.15) is 5.83 Å². The average molecular weight is 147 g/mol. The summed E-state index contributed by atoms with van der Waals surface area (Å²) in [5.41, 5.74) is 0. The molecule has 0 aromatic carbocycles. The summed E-state index contributed by atoms with van der Waals surface area (Å²) in [7, 11) is 0. The number of hydrogen-bond acceptors (Lipinski definition) is 0.